The molecule has 1 aromatic heterocycles. The van der Waals surface area contributed by atoms with Crippen molar-refractivity contribution in [2.75, 3.05) is 4.72 Å². The lowest BCUT2D eigenvalue weighted by Crippen LogP contribution is -2.14. The third-order valence-corrected chi connectivity index (χ3v) is 4.98. The van der Waals surface area contributed by atoms with Crippen molar-refractivity contribution in [3.8, 4) is 0 Å². The molecule has 3 aromatic rings. The zero-order valence-electron chi connectivity index (χ0n) is 13.0. The van der Waals surface area contributed by atoms with Crippen LogP contribution in [0.15, 0.2) is 59.5 Å². The average molecular weight is 380 g/mol. The third-order valence-electron chi connectivity index (χ3n) is 3.60. The van der Waals surface area contributed by atoms with Crippen molar-refractivity contribution >= 4 is 32.9 Å². The maximum atomic E-state index is 12.6. The molecule has 0 unspecified atom stereocenters. The van der Waals surface area contributed by atoms with E-state index in [1.54, 1.807) is 18.2 Å². The largest absolute Gasteiger partial charge is 0.416 e. The first-order chi connectivity index (χ1) is 12.2. The number of nitrogens with zero attached hydrogens (tertiary/aromatic N) is 1. The van der Waals surface area contributed by atoms with Crippen LogP contribution in [0.25, 0.3) is 10.9 Å². The number of halogens is 3. The third kappa shape index (κ3) is 3.52. The lowest BCUT2D eigenvalue weighted by atomic mass is 10.2. The Morgan fingerprint density at radius 2 is 1.65 bits per heavy atom. The van der Waals surface area contributed by atoms with Gasteiger partial charge in [0, 0.05) is 5.39 Å². The fraction of sp³-hybridized carbons (Fsp3) is 0.0588. The second kappa shape index (κ2) is 6.41. The number of alkyl halides is 3. The van der Waals surface area contributed by atoms with Crippen molar-refractivity contribution in [2.24, 2.45) is 0 Å². The van der Waals surface area contributed by atoms with Crippen molar-refractivity contribution in [3.63, 3.8) is 0 Å². The summed E-state index contributed by atoms with van der Waals surface area (Å²) in [6, 6.07) is 11.0. The highest BCUT2D eigenvalue weighted by Crippen LogP contribution is 2.30. The number of fused-ring (bicyclic) bond motifs is 1. The summed E-state index contributed by atoms with van der Waals surface area (Å²) in [5.74, 6) is 0. The summed E-state index contributed by atoms with van der Waals surface area (Å²) in [6.07, 6.45) is -4.03. The number of hydrogen-bond acceptors (Lipinski definition) is 4. The number of nitrogens with one attached hydrogen (secondary N) is 1. The van der Waals surface area contributed by atoms with Crippen LogP contribution in [0.3, 0.4) is 0 Å². The molecule has 0 aliphatic carbocycles. The van der Waals surface area contributed by atoms with Crippen LogP contribution in [0.1, 0.15) is 16.1 Å². The van der Waals surface area contributed by atoms with Gasteiger partial charge >= 0.3 is 6.18 Å². The summed E-state index contributed by atoms with van der Waals surface area (Å²) >= 11 is 0. The van der Waals surface area contributed by atoms with Gasteiger partial charge in [0.2, 0.25) is 0 Å². The minimum Gasteiger partial charge on any atom is -0.296 e. The van der Waals surface area contributed by atoms with E-state index in [0.717, 1.165) is 12.1 Å². The average Bonchev–Trinajstić information content (AvgIpc) is 2.61. The number of sulfonamides is 1. The van der Waals surface area contributed by atoms with Crippen LogP contribution in [0.4, 0.5) is 18.9 Å². The number of para-hydroxylation sites is 1. The summed E-state index contributed by atoms with van der Waals surface area (Å²) in [7, 11) is -4.13. The van der Waals surface area contributed by atoms with Crippen LogP contribution in [0, 0.1) is 0 Å². The van der Waals surface area contributed by atoms with Crippen molar-refractivity contribution in [3.05, 3.63) is 65.9 Å². The number of anilines is 1. The van der Waals surface area contributed by atoms with E-state index in [-0.39, 0.29) is 21.8 Å². The summed E-state index contributed by atoms with van der Waals surface area (Å²) in [6.45, 7) is 0. The lowest BCUT2D eigenvalue weighted by molar-refractivity contribution is -0.137. The molecule has 26 heavy (non-hydrogen) atoms. The predicted octanol–water partition coefficient (Wildman–Crippen LogP) is 3.87. The van der Waals surface area contributed by atoms with Gasteiger partial charge in [0.1, 0.15) is 5.69 Å². The van der Waals surface area contributed by atoms with E-state index in [1.807, 2.05) is 0 Å². The Bertz CT molecular complexity index is 1080. The van der Waals surface area contributed by atoms with Crippen molar-refractivity contribution in [1.82, 2.24) is 4.98 Å². The number of pyridine rings is 1. The highest BCUT2D eigenvalue weighted by Gasteiger charge is 2.30. The van der Waals surface area contributed by atoms with Gasteiger partial charge in [-0.05, 0) is 36.4 Å². The van der Waals surface area contributed by atoms with Crippen molar-refractivity contribution < 1.29 is 26.4 Å². The molecule has 0 bridgehead atoms. The van der Waals surface area contributed by atoms with Gasteiger partial charge in [-0.25, -0.2) is 13.4 Å². The van der Waals surface area contributed by atoms with Crippen LogP contribution in [-0.2, 0) is 16.2 Å². The summed E-state index contributed by atoms with van der Waals surface area (Å²) < 4.78 is 65.1. The molecule has 3 rings (SSSR count). The standard InChI is InChI=1S/C17H11F3N2O3S/c18-17(19,20)12-5-8-14(9-6-12)26(24,25)22-15-3-1-2-11-4-7-13(10-23)21-16(11)15/h1-10,22H. The molecule has 9 heteroatoms. The lowest BCUT2D eigenvalue weighted by Gasteiger charge is -2.11. The Morgan fingerprint density at radius 1 is 0.962 bits per heavy atom. The molecule has 0 amide bonds. The number of rotatable bonds is 4. The maximum Gasteiger partial charge on any atom is 0.416 e. The Kier molecular flexibility index (Phi) is 4.41. The number of aldehydes is 1. The smallest absolute Gasteiger partial charge is 0.296 e. The fourth-order valence-electron chi connectivity index (χ4n) is 2.34. The number of aromatic nitrogens is 1. The number of carbonyl (C=O) groups excluding carboxylic acids is 1. The molecule has 1 heterocycles. The second-order valence-corrected chi connectivity index (χ2v) is 7.04. The minimum atomic E-state index is -4.56. The van der Waals surface area contributed by atoms with E-state index in [0.29, 0.717) is 23.8 Å². The van der Waals surface area contributed by atoms with Gasteiger partial charge in [-0.1, -0.05) is 18.2 Å². The first kappa shape index (κ1) is 17.9. The van der Waals surface area contributed by atoms with E-state index in [1.165, 1.54) is 12.1 Å². The van der Waals surface area contributed by atoms with Crippen LogP contribution in [0.5, 0.6) is 0 Å². The number of carbonyl (C=O) groups is 1. The van der Waals surface area contributed by atoms with E-state index in [9.17, 15) is 26.4 Å². The SMILES string of the molecule is O=Cc1ccc2cccc(NS(=O)(=O)c3ccc(C(F)(F)F)cc3)c2n1. The fourth-order valence-corrected chi connectivity index (χ4v) is 3.40. The van der Waals surface area contributed by atoms with E-state index >= 15 is 0 Å². The molecule has 134 valence electrons. The van der Waals surface area contributed by atoms with Gasteiger partial charge in [0.15, 0.2) is 6.29 Å². The van der Waals surface area contributed by atoms with Crippen molar-refractivity contribution in [2.45, 2.75) is 11.1 Å². The summed E-state index contributed by atoms with van der Waals surface area (Å²) in [5, 5.41) is 0.600. The molecule has 0 saturated heterocycles. The molecule has 0 aliphatic heterocycles. The summed E-state index contributed by atoms with van der Waals surface area (Å²) in [5.41, 5.74) is -0.448. The van der Waals surface area contributed by atoms with Gasteiger partial charge in [0.25, 0.3) is 10.0 Å². The Labute approximate surface area is 146 Å². The molecule has 2 aromatic carbocycles. The van der Waals surface area contributed by atoms with E-state index in [2.05, 4.69) is 9.71 Å². The van der Waals surface area contributed by atoms with Gasteiger partial charge in [-0.15, -0.1) is 0 Å². The van der Waals surface area contributed by atoms with Crippen LogP contribution in [-0.4, -0.2) is 19.7 Å². The van der Waals surface area contributed by atoms with Crippen LogP contribution in [0.2, 0.25) is 0 Å². The maximum absolute atomic E-state index is 12.6. The Morgan fingerprint density at radius 3 is 2.27 bits per heavy atom. The highest BCUT2D eigenvalue weighted by atomic mass is 32.2. The van der Waals surface area contributed by atoms with Crippen LogP contribution >= 0.6 is 0 Å². The van der Waals surface area contributed by atoms with Gasteiger partial charge in [-0.2, -0.15) is 13.2 Å². The molecule has 0 radical (unpaired) electrons. The zero-order chi connectivity index (χ0) is 18.9. The monoisotopic (exact) mass is 380 g/mol. The molecule has 0 fully saturated rings. The van der Waals surface area contributed by atoms with E-state index < -0.39 is 21.8 Å². The first-order valence-electron chi connectivity index (χ1n) is 7.26. The molecular weight excluding hydrogens is 369 g/mol. The quantitative estimate of drug-likeness (QED) is 0.697. The predicted molar refractivity (Wildman–Crippen MR) is 89.4 cm³/mol. The molecule has 5 nitrogen and oxygen atoms in total. The molecule has 0 aliphatic rings. The highest BCUT2D eigenvalue weighted by molar-refractivity contribution is 7.92. The van der Waals surface area contributed by atoms with Gasteiger partial charge in [-0.3, -0.25) is 9.52 Å². The Balaban J connectivity index is 2.00. The first-order valence-corrected chi connectivity index (χ1v) is 8.74. The van der Waals surface area contributed by atoms with Gasteiger partial charge < -0.3 is 0 Å². The normalized spacial score (nSPS) is 12.1. The van der Waals surface area contributed by atoms with E-state index in [4.69, 9.17) is 0 Å². The second-order valence-electron chi connectivity index (χ2n) is 5.36. The minimum absolute atomic E-state index is 0.117. The molecule has 0 spiro atoms. The zero-order valence-corrected chi connectivity index (χ0v) is 13.8. The summed E-state index contributed by atoms with van der Waals surface area (Å²) in [4.78, 5) is 14.6. The topological polar surface area (TPSA) is 76.1 Å². The molecule has 1 N–H and O–H groups in total. The van der Waals surface area contributed by atoms with Gasteiger partial charge in [0.05, 0.1) is 21.7 Å². The number of benzene rings is 2. The van der Waals surface area contributed by atoms with Crippen molar-refractivity contribution in [1.29, 1.82) is 0 Å². The Hall–Kier alpha value is -2.94. The number of hydrogen-bond donors (Lipinski definition) is 1. The molecule has 0 atom stereocenters. The van der Waals surface area contributed by atoms with Crippen LogP contribution < -0.4 is 4.72 Å². The molecular formula is C17H11F3N2O3S. The molecule has 0 saturated carbocycles.